The minimum absolute atomic E-state index is 0.0140. The van der Waals surface area contributed by atoms with Crippen LogP contribution in [0.15, 0.2) is 4.99 Å². The monoisotopic (exact) mass is 288 g/mol. The number of nitrogens with two attached hydrogens (primary N) is 2. The van der Waals surface area contributed by atoms with Crippen molar-refractivity contribution in [3.8, 4) is 0 Å². The van der Waals surface area contributed by atoms with Gasteiger partial charge in [0.05, 0.1) is 6.42 Å². The van der Waals surface area contributed by atoms with E-state index < -0.39 is 23.7 Å². The topological polar surface area (TPSA) is 140 Å². The molecule has 0 radical (unpaired) electrons. The number of carbonyl (C=O) groups excluding carboxylic acids is 1. The molecule has 0 aliphatic carbocycles. The van der Waals surface area contributed by atoms with E-state index in [-0.39, 0.29) is 12.4 Å². The molecule has 116 valence electrons. The van der Waals surface area contributed by atoms with E-state index in [1.54, 1.807) is 20.8 Å². The highest BCUT2D eigenvalue weighted by Gasteiger charge is 2.20. The molecule has 0 rings (SSSR count). The average Bonchev–Trinajstić information content (AvgIpc) is 2.19. The Bertz CT molecular complexity index is 359. The number of aliphatic imine (C=N–C) groups is 1. The van der Waals surface area contributed by atoms with E-state index in [0.29, 0.717) is 19.4 Å². The Labute approximate surface area is 118 Å². The van der Waals surface area contributed by atoms with E-state index in [2.05, 4.69) is 10.3 Å². The molecule has 0 spiro atoms. The molecule has 0 saturated heterocycles. The number of guanidine groups is 1. The largest absolute Gasteiger partial charge is 0.481 e. The van der Waals surface area contributed by atoms with Crippen molar-refractivity contribution in [2.45, 2.75) is 51.7 Å². The Morgan fingerprint density at radius 2 is 1.95 bits per heavy atom. The lowest BCUT2D eigenvalue weighted by molar-refractivity contribution is -0.137. The summed E-state index contributed by atoms with van der Waals surface area (Å²) < 4.78 is 5.08. The van der Waals surface area contributed by atoms with E-state index in [1.807, 2.05) is 0 Å². The quantitative estimate of drug-likeness (QED) is 0.304. The summed E-state index contributed by atoms with van der Waals surface area (Å²) in [5.41, 5.74) is 9.74. The first kappa shape index (κ1) is 18.0. The van der Waals surface area contributed by atoms with Crippen LogP contribution in [-0.2, 0) is 9.53 Å². The lowest BCUT2D eigenvalue weighted by Gasteiger charge is -2.22. The van der Waals surface area contributed by atoms with Crippen molar-refractivity contribution in [2.75, 3.05) is 6.54 Å². The number of hydrogen-bond acceptors (Lipinski definition) is 4. The van der Waals surface area contributed by atoms with Crippen LogP contribution in [-0.4, -0.2) is 41.3 Å². The van der Waals surface area contributed by atoms with Crippen LogP contribution in [0.2, 0.25) is 0 Å². The van der Waals surface area contributed by atoms with Gasteiger partial charge in [-0.1, -0.05) is 0 Å². The SMILES string of the molecule is CC(C)(C)OC(=O)N[C@H](CCCN=C(N)N)CC(=O)O. The third kappa shape index (κ3) is 11.1. The van der Waals surface area contributed by atoms with Crippen LogP contribution in [0.3, 0.4) is 0 Å². The van der Waals surface area contributed by atoms with Gasteiger partial charge in [0.25, 0.3) is 0 Å². The highest BCUT2D eigenvalue weighted by Crippen LogP contribution is 2.09. The first-order valence-electron chi connectivity index (χ1n) is 6.37. The molecule has 6 N–H and O–H groups in total. The maximum atomic E-state index is 11.6. The zero-order valence-electron chi connectivity index (χ0n) is 12.2. The van der Waals surface area contributed by atoms with Crippen LogP contribution in [0.1, 0.15) is 40.0 Å². The standard InChI is InChI=1S/C12H24N4O4/c1-12(2,3)20-11(19)16-8(7-9(17)18)5-4-6-15-10(13)14/h8H,4-7H2,1-3H3,(H,16,19)(H,17,18)(H4,13,14,15)/t8-/m1/s1. The van der Waals surface area contributed by atoms with Crippen LogP contribution in [0.25, 0.3) is 0 Å². The summed E-state index contributed by atoms with van der Waals surface area (Å²) in [6, 6.07) is -0.517. The molecule has 0 aromatic carbocycles. The third-order valence-electron chi connectivity index (χ3n) is 2.15. The summed E-state index contributed by atoms with van der Waals surface area (Å²) >= 11 is 0. The molecule has 0 bridgehead atoms. The summed E-state index contributed by atoms with van der Waals surface area (Å²) in [5.74, 6) is -1.01. The number of rotatable bonds is 7. The molecule has 20 heavy (non-hydrogen) atoms. The first-order valence-corrected chi connectivity index (χ1v) is 6.37. The van der Waals surface area contributed by atoms with E-state index >= 15 is 0 Å². The van der Waals surface area contributed by atoms with Crippen LogP contribution in [0.5, 0.6) is 0 Å². The molecule has 0 aliphatic heterocycles. The Hall–Kier alpha value is -1.99. The van der Waals surface area contributed by atoms with Crippen LogP contribution in [0, 0.1) is 0 Å². The first-order chi connectivity index (χ1) is 9.10. The van der Waals surface area contributed by atoms with Gasteiger partial charge in [-0.05, 0) is 33.6 Å². The van der Waals surface area contributed by atoms with Crippen molar-refractivity contribution in [3.05, 3.63) is 0 Å². The van der Waals surface area contributed by atoms with Gasteiger partial charge in [0.1, 0.15) is 5.60 Å². The zero-order chi connectivity index (χ0) is 15.8. The van der Waals surface area contributed by atoms with Gasteiger partial charge in [0.15, 0.2) is 5.96 Å². The van der Waals surface area contributed by atoms with Gasteiger partial charge < -0.3 is 26.6 Å². The number of ether oxygens (including phenoxy) is 1. The number of carbonyl (C=O) groups is 2. The summed E-state index contributed by atoms with van der Waals surface area (Å²) in [7, 11) is 0. The van der Waals surface area contributed by atoms with Crippen molar-refractivity contribution in [1.29, 1.82) is 0 Å². The zero-order valence-corrected chi connectivity index (χ0v) is 12.2. The second-order valence-corrected chi connectivity index (χ2v) is 5.39. The average molecular weight is 288 g/mol. The smallest absolute Gasteiger partial charge is 0.407 e. The van der Waals surface area contributed by atoms with Crippen molar-refractivity contribution in [3.63, 3.8) is 0 Å². The van der Waals surface area contributed by atoms with Crippen molar-refractivity contribution < 1.29 is 19.4 Å². The fraction of sp³-hybridized carbons (Fsp3) is 0.750. The van der Waals surface area contributed by atoms with Crippen LogP contribution >= 0.6 is 0 Å². The predicted molar refractivity (Wildman–Crippen MR) is 75.3 cm³/mol. The van der Waals surface area contributed by atoms with E-state index in [9.17, 15) is 9.59 Å². The highest BCUT2D eigenvalue weighted by atomic mass is 16.6. The van der Waals surface area contributed by atoms with Gasteiger partial charge in [-0.15, -0.1) is 0 Å². The second kappa shape index (κ2) is 8.23. The molecule has 0 fully saturated rings. The summed E-state index contributed by atoms with van der Waals surface area (Å²) in [6.07, 6.45) is 0.195. The number of hydrogen-bond donors (Lipinski definition) is 4. The van der Waals surface area contributed by atoms with Crippen molar-refractivity contribution in [2.24, 2.45) is 16.5 Å². The molecule has 1 amide bonds. The van der Waals surface area contributed by atoms with E-state index in [1.165, 1.54) is 0 Å². The van der Waals surface area contributed by atoms with Crippen molar-refractivity contribution >= 4 is 18.0 Å². The van der Waals surface area contributed by atoms with E-state index in [0.717, 1.165) is 0 Å². The summed E-state index contributed by atoms with van der Waals surface area (Å²) in [5, 5.41) is 11.4. The third-order valence-corrected chi connectivity index (χ3v) is 2.15. The fourth-order valence-corrected chi connectivity index (χ4v) is 1.46. The van der Waals surface area contributed by atoms with Gasteiger partial charge in [0.2, 0.25) is 0 Å². The molecular formula is C12H24N4O4. The minimum Gasteiger partial charge on any atom is -0.481 e. The number of carboxylic acid groups (broad SMARTS) is 1. The minimum atomic E-state index is -0.993. The van der Waals surface area contributed by atoms with Gasteiger partial charge in [0, 0.05) is 12.6 Å². The lowest BCUT2D eigenvalue weighted by atomic mass is 10.1. The maximum Gasteiger partial charge on any atom is 0.407 e. The van der Waals surface area contributed by atoms with Gasteiger partial charge >= 0.3 is 12.1 Å². The highest BCUT2D eigenvalue weighted by molar-refractivity contribution is 5.75. The molecule has 1 atom stereocenters. The molecular weight excluding hydrogens is 264 g/mol. The Morgan fingerprint density at radius 3 is 2.40 bits per heavy atom. The fourth-order valence-electron chi connectivity index (χ4n) is 1.46. The Morgan fingerprint density at radius 1 is 1.35 bits per heavy atom. The second-order valence-electron chi connectivity index (χ2n) is 5.39. The molecule has 0 aromatic heterocycles. The molecule has 0 heterocycles. The lowest BCUT2D eigenvalue weighted by Crippen LogP contribution is -2.40. The number of nitrogens with one attached hydrogen (secondary N) is 1. The molecule has 8 nitrogen and oxygen atoms in total. The number of nitrogens with zero attached hydrogens (tertiary/aromatic N) is 1. The Balaban J connectivity index is 4.31. The van der Waals surface area contributed by atoms with E-state index in [4.69, 9.17) is 21.3 Å². The number of aliphatic carboxylic acids is 1. The molecule has 0 aromatic rings. The molecule has 0 aliphatic rings. The molecule has 8 heteroatoms. The number of amides is 1. The van der Waals surface area contributed by atoms with Crippen LogP contribution in [0.4, 0.5) is 4.79 Å². The van der Waals surface area contributed by atoms with Crippen molar-refractivity contribution in [1.82, 2.24) is 5.32 Å². The Kier molecular flexibility index (Phi) is 7.42. The molecule has 0 saturated carbocycles. The number of carboxylic acids is 1. The van der Waals surface area contributed by atoms with Gasteiger partial charge in [-0.3, -0.25) is 9.79 Å². The normalized spacial score (nSPS) is 12.3. The summed E-state index contributed by atoms with van der Waals surface area (Å²) in [6.45, 7) is 5.58. The number of alkyl carbamates (subject to hydrolysis) is 1. The maximum absolute atomic E-state index is 11.6. The molecule has 0 unspecified atom stereocenters. The van der Waals surface area contributed by atoms with Gasteiger partial charge in [-0.25, -0.2) is 4.79 Å². The van der Waals surface area contributed by atoms with Gasteiger partial charge in [-0.2, -0.15) is 0 Å². The van der Waals surface area contributed by atoms with Crippen LogP contribution < -0.4 is 16.8 Å². The summed E-state index contributed by atoms with van der Waals surface area (Å²) in [4.78, 5) is 26.2. The predicted octanol–water partition coefficient (Wildman–Crippen LogP) is 0.408.